The quantitative estimate of drug-likeness (QED) is 0.266. The third kappa shape index (κ3) is 10.8. The Bertz CT molecular complexity index is 693. The second-order valence-electron chi connectivity index (χ2n) is 8.30. The van der Waals surface area contributed by atoms with E-state index < -0.39 is 0 Å². The second kappa shape index (κ2) is 17.1. The minimum Gasteiger partial charge on any atom is -0.496 e. The fraction of sp³-hybridized carbons (Fsp3) is 0.607. The van der Waals surface area contributed by atoms with Crippen molar-refractivity contribution < 1.29 is 9.53 Å². The molecule has 186 valence electrons. The zero-order chi connectivity index (χ0) is 25.4. The Morgan fingerprint density at radius 3 is 2.24 bits per heavy atom. The standard InChI is InChI=1S/C24H39N3O2.C2H6.C2H2/c1-7-9-18(2)20(4)23(29-6)11-8-10-19(3)25-24(28)27(21-12-13-21)22-14-16-26(5)17-15-22;2*1-2/h8-11,19,21-22H,4,7,12-17H2,1-3,5-6H3,(H,25,28);1-2H3;1-2H/b10-8+,18-9-,23-11+;;. The molecular formula is C28H47N3O2. The van der Waals surface area contributed by atoms with Crippen LogP contribution in [0.15, 0.2) is 47.8 Å². The van der Waals surface area contributed by atoms with Gasteiger partial charge in [0.1, 0.15) is 5.76 Å². The summed E-state index contributed by atoms with van der Waals surface area (Å²) >= 11 is 0. The van der Waals surface area contributed by atoms with E-state index in [0.717, 1.165) is 62.1 Å². The molecule has 2 fully saturated rings. The average Bonchev–Trinajstić information content (AvgIpc) is 3.65. The summed E-state index contributed by atoms with van der Waals surface area (Å²) in [7, 11) is 3.81. The number of rotatable bonds is 9. The van der Waals surface area contributed by atoms with Crippen LogP contribution in [-0.4, -0.2) is 61.2 Å². The van der Waals surface area contributed by atoms with Crippen molar-refractivity contribution in [3.8, 4) is 12.8 Å². The second-order valence-corrected chi connectivity index (χ2v) is 8.30. The number of likely N-dealkylation sites (tertiary alicyclic amines) is 1. The Labute approximate surface area is 203 Å². The maximum Gasteiger partial charge on any atom is 0.318 e. The SMILES string of the molecule is C#C.C=C(/C(C)=C\CC)/C(=C\C=C\C(C)NC(=O)N(C1CC1)C1CCN(C)CC1)OC.CC. The van der Waals surface area contributed by atoms with Crippen LogP contribution >= 0.6 is 0 Å². The van der Waals surface area contributed by atoms with Crippen molar-refractivity contribution in [2.45, 2.75) is 84.8 Å². The van der Waals surface area contributed by atoms with Gasteiger partial charge in [0.2, 0.25) is 0 Å². The van der Waals surface area contributed by atoms with Gasteiger partial charge in [-0.05, 0) is 77.7 Å². The van der Waals surface area contributed by atoms with Gasteiger partial charge in [-0.1, -0.05) is 45.6 Å². The molecule has 1 aliphatic heterocycles. The summed E-state index contributed by atoms with van der Waals surface area (Å²) in [5, 5.41) is 3.16. The van der Waals surface area contributed by atoms with Gasteiger partial charge in [-0.15, -0.1) is 12.8 Å². The monoisotopic (exact) mass is 457 g/mol. The molecule has 2 amide bonds. The van der Waals surface area contributed by atoms with Crippen molar-refractivity contribution in [1.29, 1.82) is 0 Å². The van der Waals surface area contributed by atoms with Gasteiger partial charge in [-0.2, -0.15) is 0 Å². The molecule has 1 heterocycles. The van der Waals surface area contributed by atoms with E-state index in [0.29, 0.717) is 12.1 Å². The van der Waals surface area contributed by atoms with Gasteiger partial charge < -0.3 is 19.9 Å². The summed E-state index contributed by atoms with van der Waals surface area (Å²) in [5.41, 5.74) is 2.01. The molecular weight excluding hydrogens is 410 g/mol. The van der Waals surface area contributed by atoms with Gasteiger partial charge in [0.15, 0.2) is 0 Å². The fourth-order valence-electron chi connectivity index (χ4n) is 3.80. The molecule has 1 aliphatic carbocycles. The summed E-state index contributed by atoms with van der Waals surface area (Å²) in [6.45, 7) is 16.4. The lowest BCUT2D eigenvalue weighted by Crippen LogP contribution is -2.52. The lowest BCUT2D eigenvalue weighted by Gasteiger charge is -2.38. The molecule has 1 atom stereocenters. The summed E-state index contributed by atoms with van der Waals surface area (Å²) < 4.78 is 5.48. The summed E-state index contributed by atoms with van der Waals surface area (Å²) in [5.74, 6) is 0.743. The molecule has 0 aromatic heterocycles. The molecule has 1 saturated heterocycles. The van der Waals surface area contributed by atoms with E-state index in [2.05, 4.69) is 54.6 Å². The number of urea groups is 1. The Balaban J connectivity index is 0.00000242. The van der Waals surface area contributed by atoms with Crippen molar-refractivity contribution in [3.05, 3.63) is 47.8 Å². The summed E-state index contributed by atoms with van der Waals surface area (Å²) in [6, 6.07) is 0.814. The maximum absolute atomic E-state index is 12.9. The van der Waals surface area contributed by atoms with Crippen LogP contribution in [0, 0.1) is 12.8 Å². The molecule has 0 aromatic carbocycles. The molecule has 5 nitrogen and oxygen atoms in total. The highest BCUT2D eigenvalue weighted by Gasteiger charge is 2.38. The van der Waals surface area contributed by atoms with E-state index in [1.165, 1.54) is 0 Å². The number of piperidine rings is 1. The van der Waals surface area contributed by atoms with E-state index in [1.807, 2.05) is 45.9 Å². The molecule has 0 radical (unpaired) electrons. The maximum atomic E-state index is 12.9. The van der Waals surface area contributed by atoms with Crippen molar-refractivity contribution in [3.63, 3.8) is 0 Å². The normalized spacial score (nSPS) is 18.3. The van der Waals surface area contributed by atoms with Gasteiger partial charge in [-0.3, -0.25) is 0 Å². The first-order chi connectivity index (χ1) is 15.9. The molecule has 33 heavy (non-hydrogen) atoms. The number of terminal acetylenes is 1. The van der Waals surface area contributed by atoms with Crippen LogP contribution in [0.3, 0.4) is 0 Å². The third-order valence-electron chi connectivity index (χ3n) is 5.76. The van der Waals surface area contributed by atoms with E-state index in [1.54, 1.807) is 7.11 Å². The number of ether oxygens (including phenoxy) is 1. The molecule has 2 aliphatic rings. The van der Waals surface area contributed by atoms with Crippen LogP contribution in [0.1, 0.15) is 66.7 Å². The van der Waals surface area contributed by atoms with Crippen LogP contribution in [0.2, 0.25) is 0 Å². The van der Waals surface area contributed by atoms with Crippen LogP contribution in [-0.2, 0) is 4.74 Å². The minimum atomic E-state index is -0.0510. The van der Waals surface area contributed by atoms with Crippen molar-refractivity contribution in [1.82, 2.24) is 15.1 Å². The highest BCUT2D eigenvalue weighted by Crippen LogP contribution is 2.31. The van der Waals surface area contributed by atoms with Crippen LogP contribution in [0.5, 0.6) is 0 Å². The Kier molecular flexibility index (Phi) is 15.8. The lowest BCUT2D eigenvalue weighted by atomic mass is 10.0. The zero-order valence-electron chi connectivity index (χ0n) is 22.1. The first-order valence-electron chi connectivity index (χ1n) is 12.3. The number of carbonyl (C=O) groups excluding carboxylic acids is 1. The number of amides is 2. The molecule has 0 bridgehead atoms. The first kappa shape index (κ1) is 30.6. The largest absolute Gasteiger partial charge is 0.496 e. The fourth-order valence-corrected chi connectivity index (χ4v) is 3.80. The van der Waals surface area contributed by atoms with Crippen molar-refractivity contribution in [2.75, 3.05) is 27.2 Å². The zero-order valence-corrected chi connectivity index (χ0v) is 22.1. The molecule has 5 heteroatoms. The lowest BCUT2D eigenvalue weighted by molar-refractivity contribution is 0.126. The van der Waals surface area contributed by atoms with Gasteiger partial charge in [0.25, 0.3) is 0 Å². The van der Waals surface area contributed by atoms with Crippen molar-refractivity contribution in [2.24, 2.45) is 0 Å². The number of nitrogens with one attached hydrogen (secondary N) is 1. The Hall–Kier alpha value is -2.45. The molecule has 0 aromatic rings. The number of hydrogen-bond donors (Lipinski definition) is 1. The summed E-state index contributed by atoms with van der Waals surface area (Å²) in [4.78, 5) is 17.4. The minimum absolute atomic E-state index is 0.0510. The number of allylic oxidation sites excluding steroid dienone is 4. The van der Waals surface area contributed by atoms with E-state index >= 15 is 0 Å². The van der Waals surface area contributed by atoms with E-state index in [-0.39, 0.29) is 12.1 Å². The number of carbonyl (C=O) groups is 1. The van der Waals surface area contributed by atoms with Crippen LogP contribution < -0.4 is 5.32 Å². The van der Waals surface area contributed by atoms with Gasteiger partial charge in [0.05, 0.1) is 7.11 Å². The van der Waals surface area contributed by atoms with Gasteiger partial charge in [-0.25, -0.2) is 4.79 Å². The highest BCUT2D eigenvalue weighted by molar-refractivity contribution is 5.76. The van der Waals surface area contributed by atoms with E-state index in [9.17, 15) is 4.79 Å². The molecule has 1 N–H and O–H groups in total. The number of hydrogen-bond acceptors (Lipinski definition) is 3. The topological polar surface area (TPSA) is 44.8 Å². The molecule has 1 unspecified atom stereocenters. The number of methoxy groups -OCH3 is 1. The smallest absolute Gasteiger partial charge is 0.318 e. The average molecular weight is 458 g/mol. The number of nitrogens with zero attached hydrogens (tertiary/aromatic N) is 2. The van der Waals surface area contributed by atoms with E-state index in [4.69, 9.17) is 4.74 Å². The molecule has 2 rings (SSSR count). The first-order valence-corrected chi connectivity index (χ1v) is 12.3. The predicted molar refractivity (Wildman–Crippen MR) is 142 cm³/mol. The van der Waals surface area contributed by atoms with Crippen molar-refractivity contribution >= 4 is 6.03 Å². The molecule has 1 saturated carbocycles. The van der Waals surface area contributed by atoms with Crippen LogP contribution in [0.4, 0.5) is 4.79 Å². The third-order valence-corrected chi connectivity index (χ3v) is 5.76. The Morgan fingerprint density at radius 2 is 1.76 bits per heavy atom. The van der Waals surface area contributed by atoms with Gasteiger partial charge in [0, 0.05) is 23.7 Å². The predicted octanol–water partition coefficient (Wildman–Crippen LogP) is 5.92. The van der Waals surface area contributed by atoms with Crippen LogP contribution in [0.25, 0.3) is 0 Å². The highest BCUT2D eigenvalue weighted by atomic mass is 16.5. The van der Waals surface area contributed by atoms with Gasteiger partial charge >= 0.3 is 6.03 Å². The Morgan fingerprint density at radius 1 is 1.21 bits per heavy atom. The summed E-state index contributed by atoms with van der Waals surface area (Å²) in [6.07, 6.45) is 21.3. The molecule has 0 spiro atoms.